The Hall–Kier alpha value is -2.74. The van der Waals surface area contributed by atoms with Crippen LogP contribution in [0.2, 0.25) is 0 Å². The fourth-order valence-corrected chi connectivity index (χ4v) is 4.04. The number of sulfonamides is 1. The van der Waals surface area contributed by atoms with Crippen LogP contribution in [0, 0.1) is 0 Å². The standard InChI is InChI=1S/C19H22N2O5S/c1-25-15-7-9-16(10-8-15)27(23,24)20-14-6-11-17(18(13-14)26-2)21-12-4-3-5-19(21)22/h6-11,13,20H,3-5,12H2,1-2H3. The minimum absolute atomic E-state index is 0.0473. The van der Waals surface area contributed by atoms with Gasteiger partial charge in [0.25, 0.3) is 10.0 Å². The van der Waals surface area contributed by atoms with E-state index in [1.807, 2.05) is 0 Å². The maximum Gasteiger partial charge on any atom is 0.261 e. The van der Waals surface area contributed by atoms with Gasteiger partial charge in [0.05, 0.1) is 30.5 Å². The van der Waals surface area contributed by atoms with Gasteiger partial charge >= 0.3 is 0 Å². The molecular formula is C19H22N2O5S. The first kappa shape index (κ1) is 19.0. The van der Waals surface area contributed by atoms with E-state index in [1.54, 1.807) is 35.2 Å². The third kappa shape index (κ3) is 4.16. The molecule has 3 rings (SSSR count). The van der Waals surface area contributed by atoms with Crippen LogP contribution >= 0.6 is 0 Å². The van der Waals surface area contributed by atoms with Gasteiger partial charge < -0.3 is 14.4 Å². The highest BCUT2D eigenvalue weighted by Gasteiger charge is 2.23. The summed E-state index contributed by atoms with van der Waals surface area (Å²) in [4.78, 5) is 14.0. The van der Waals surface area contributed by atoms with Gasteiger partial charge in [-0.25, -0.2) is 8.42 Å². The van der Waals surface area contributed by atoms with E-state index in [2.05, 4.69) is 4.72 Å². The summed E-state index contributed by atoms with van der Waals surface area (Å²) in [6.45, 7) is 0.631. The number of carbonyl (C=O) groups excluding carboxylic acids is 1. The molecule has 0 aliphatic carbocycles. The quantitative estimate of drug-likeness (QED) is 0.820. The number of ether oxygens (including phenoxy) is 2. The van der Waals surface area contributed by atoms with Crippen LogP contribution in [-0.4, -0.2) is 35.1 Å². The lowest BCUT2D eigenvalue weighted by Crippen LogP contribution is -2.35. The SMILES string of the molecule is COc1ccc(S(=O)(=O)Nc2ccc(N3CCCCC3=O)c(OC)c2)cc1. The molecule has 1 aliphatic rings. The van der Waals surface area contributed by atoms with Crippen LogP contribution in [0.4, 0.5) is 11.4 Å². The fraction of sp³-hybridized carbons (Fsp3) is 0.316. The molecule has 0 aromatic heterocycles. The summed E-state index contributed by atoms with van der Waals surface area (Å²) in [6, 6.07) is 11.0. The van der Waals surface area contributed by atoms with E-state index >= 15 is 0 Å². The molecule has 1 heterocycles. The van der Waals surface area contributed by atoms with E-state index in [4.69, 9.17) is 9.47 Å². The topological polar surface area (TPSA) is 84.9 Å². The molecule has 0 radical (unpaired) electrons. The molecule has 1 N–H and O–H groups in total. The highest BCUT2D eigenvalue weighted by molar-refractivity contribution is 7.92. The normalized spacial score (nSPS) is 14.7. The fourth-order valence-electron chi connectivity index (χ4n) is 2.99. The summed E-state index contributed by atoms with van der Waals surface area (Å²) in [7, 11) is -0.742. The number of amides is 1. The van der Waals surface area contributed by atoms with Crippen LogP contribution < -0.4 is 19.1 Å². The molecular weight excluding hydrogens is 368 g/mol. The molecule has 0 spiro atoms. The monoisotopic (exact) mass is 390 g/mol. The number of hydrogen-bond acceptors (Lipinski definition) is 5. The molecule has 0 saturated carbocycles. The Bertz CT molecular complexity index is 926. The lowest BCUT2D eigenvalue weighted by Gasteiger charge is -2.28. The molecule has 0 atom stereocenters. The minimum atomic E-state index is -3.75. The molecule has 144 valence electrons. The molecule has 0 unspecified atom stereocenters. The first-order valence-corrected chi connectivity index (χ1v) is 10.1. The van der Waals surface area contributed by atoms with Gasteiger partial charge in [0, 0.05) is 19.0 Å². The van der Waals surface area contributed by atoms with Crippen molar-refractivity contribution in [3.63, 3.8) is 0 Å². The van der Waals surface area contributed by atoms with Crippen molar-refractivity contribution in [1.82, 2.24) is 0 Å². The number of carbonyl (C=O) groups is 1. The number of benzene rings is 2. The largest absolute Gasteiger partial charge is 0.497 e. The van der Waals surface area contributed by atoms with Crippen LogP contribution in [0.3, 0.4) is 0 Å². The lowest BCUT2D eigenvalue weighted by atomic mass is 10.1. The Morgan fingerprint density at radius 3 is 2.37 bits per heavy atom. The predicted octanol–water partition coefficient (Wildman–Crippen LogP) is 3.02. The van der Waals surface area contributed by atoms with E-state index in [0.717, 1.165) is 12.8 Å². The maximum atomic E-state index is 12.6. The molecule has 1 amide bonds. The number of rotatable bonds is 6. The van der Waals surface area contributed by atoms with Crippen molar-refractivity contribution in [2.45, 2.75) is 24.2 Å². The van der Waals surface area contributed by atoms with Crippen LogP contribution in [0.5, 0.6) is 11.5 Å². The van der Waals surface area contributed by atoms with Crippen LogP contribution in [-0.2, 0) is 14.8 Å². The van der Waals surface area contributed by atoms with Gasteiger partial charge in [-0.15, -0.1) is 0 Å². The molecule has 2 aromatic rings. The maximum absolute atomic E-state index is 12.6. The van der Waals surface area contributed by atoms with Crippen molar-refractivity contribution in [3.05, 3.63) is 42.5 Å². The average molecular weight is 390 g/mol. The van der Waals surface area contributed by atoms with Crippen LogP contribution in [0.25, 0.3) is 0 Å². The van der Waals surface area contributed by atoms with E-state index in [1.165, 1.54) is 26.4 Å². The van der Waals surface area contributed by atoms with Crippen molar-refractivity contribution in [2.75, 3.05) is 30.4 Å². The number of anilines is 2. The molecule has 1 aliphatic heterocycles. The Balaban J connectivity index is 1.85. The van der Waals surface area contributed by atoms with E-state index in [0.29, 0.717) is 35.8 Å². The number of nitrogens with zero attached hydrogens (tertiary/aromatic N) is 1. The van der Waals surface area contributed by atoms with Crippen molar-refractivity contribution in [1.29, 1.82) is 0 Å². The van der Waals surface area contributed by atoms with Gasteiger partial charge in [0.15, 0.2) is 0 Å². The molecule has 1 fully saturated rings. The summed E-state index contributed by atoms with van der Waals surface area (Å²) in [5.41, 5.74) is 1.01. The highest BCUT2D eigenvalue weighted by atomic mass is 32.2. The highest BCUT2D eigenvalue weighted by Crippen LogP contribution is 2.34. The first-order chi connectivity index (χ1) is 12.9. The van der Waals surface area contributed by atoms with Gasteiger partial charge in [-0.05, 0) is 49.2 Å². The summed E-state index contributed by atoms with van der Waals surface area (Å²) >= 11 is 0. The van der Waals surface area contributed by atoms with Gasteiger partial charge in [-0.2, -0.15) is 0 Å². The second-order valence-electron chi connectivity index (χ2n) is 6.17. The molecule has 1 saturated heterocycles. The Morgan fingerprint density at radius 1 is 1.00 bits per heavy atom. The van der Waals surface area contributed by atoms with Crippen molar-refractivity contribution >= 4 is 27.3 Å². The van der Waals surface area contributed by atoms with Gasteiger partial charge in [0.2, 0.25) is 5.91 Å². The van der Waals surface area contributed by atoms with Crippen LogP contribution in [0.15, 0.2) is 47.4 Å². The summed E-state index contributed by atoms with van der Waals surface area (Å²) in [5, 5.41) is 0. The van der Waals surface area contributed by atoms with Crippen molar-refractivity contribution < 1.29 is 22.7 Å². The molecule has 0 bridgehead atoms. The molecule has 27 heavy (non-hydrogen) atoms. The third-order valence-corrected chi connectivity index (χ3v) is 5.81. The summed E-state index contributed by atoms with van der Waals surface area (Å²) in [5.74, 6) is 1.07. The molecule has 2 aromatic carbocycles. The number of methoxy groups -OCH3 is 2. The zero-order valence-electron chi connectivity index (χ0n) is 15.3. The zero-order valence-corrected chi connectivity index (χ0v) is 16.1. The average Bonchev–Trinajstić information content (AvgIpc) is 2.68. The van der Waals surface area contributed by atoms with Gasteiger partial charge in [-0.3, -0.25) is 9.52 Å². The van der Waals surface area contributed by atoms with Gasteiger partial charge in [0.1, 0.15) is 11.5 Å². The predicted molar refractivity (Wildman–Crippen MR) is 103 cm³/mol. The summed E-state index contributed by atoms with van der Waals surface area (Å²) < 4.78 is 38.1. The minimum Gasteiger partial charge on any atom is -0.497 e. The summed E-state index contributed by atoms with van der Waals surface area (Å²) in [6.07, 6.45) is 2.33. The zero-order chi connectivity index (χ0) is 19.4. The van der Waals surface area contributed by atoms with E-state index < -0.39 is 10.0 Å². The number of hydrogen-bond donors (Lipinski definition) is 1. The smallest absolute Gasteiger partial charge is 0.261 e. The Morgan fingerprint density at radius 2 is 1.74 bits per heavy atom. The number of piperidine rings is 1. The second kappa shape index (κ2) is 7.87. The Labute approximate surface area is 158 Å². The van der Waals surface area contributed by atoms with E-state index in [9.17, 15) is 13.2 Å². The number of nitrogens with one attached hydrogen (secondary N) is 1. The van der Waals surface area contributed by atoms with Crippen molar-refractivity contribution in [3.8, 4) is 11.5 Å². The van der Waals surface area contributed by atoms with Crippen LogP contribution in [0.1, 0.15) is 19.3 Å². The second-order valence-corrected chi connectivity index (χ2v) is 7.85. The Kier molecular flexibility index (Phi) is 5.55. The molecule has 7 nitrogen and oxygen atoms in total. The van der Waals surface area contributed by atoms with E-state index in [-0.39, 0.29) is 10.8 Å². The first-order valence-electron chi connectivity index (χ1n) is 8.60. The van der Waals surface area contributed by atoms with Gasteiger partial charge in [-0.1, -0.05) is 0 Å². The lowest BCUT2D eigenvalue weighted by molar-refractivity contribution is -0.119. The third-order valence-electron chi connectivity index (χ3n) is 4.42. The van der Waals surface area contributed by atoms with Crippen molar-refractivity contribution in [2.24, 2.45) is 0 Å². The molecule has 8 heteroatoms.